The molecule has 7 nitrogen and oxygen atoms in total. The molecule has 0 saturated heterocycles. The van der Waals surface area contributed by atoms with Crippen LogP contribution >= 0.6 is 11.6 Å². The zero-order valence-electron chi connectivity index (χ0n) is 16.3. The first-order valence-corrected chi connectivity index (χ1v) is 9.25. The summed E-state index contributed by atoms with van der Waals surface area (Å²) in [4.78, 5) is 17.2. The molecule has 0 aliphatic carbocycles. The molecule has 0 fully saturated rings. The molecule has 0 aliphatic rings. The highest BCUT2D eigenvalue weighted by Crippen LogP contribution is 2.24. The highest BCUT2D eigenvalue weighted by Gasteiger charge is 2.19. The van der Waals surface area contributed by atoms with Gasteiger partial charge >= 0.3 is 0 Å². The lowest BCUT2D eigenvalue weighted by atomic mass is 10.0. The summed E-state index contributed by atoms with van der Waals surface area (Å²) in [6, 6.07) is 7.73. The summed E-state index contributed by atoms with van der Waals surface area (Å²) in [6.07, 6.45) is 1.66. The third kappa shape index (κ3) is 4.01. The first-order valence-electron chi connectivity index (χ1n) is 8.87. The van der Waals surface area contributed by atoms with E-state index < -0.39 is 6.29 Å². The zero-order valence-corrected chi connectivity index (χ0v) is 17.1. The number of aromatic nitrogens is 3. The van der Waals surface area contributed by atoms with E-state index in [-0.39, 0.29) is 12.5 Å². The molecule has 28 heavy (non-hydrogen) atoms. The van der Waals surface area contributed by atoms with Gasteiger partial charge in [-0.15, -0.1) is 0 Å². The summed E-state index contributed by atoms with van der Waals surface area (Å²) in [5.41, 5.74) is 4.74. The van der Waals surface area contributed by atoms with E-state index in [1.165, 1.54) is 20.4 Å². The number of hydrogen-bond acceptors (Lipinski definition) is 5. The van der Waals surface area contributed by atoms with Gasteiger partial charge in [-0.25, -0.2) is 9.50 Å². The van der Waals surface area contributed by atoms with Crippen LogP contribution in [0.1, 0.15) is 32.9 Å². The van der Waals surface area contributed by atoms with Crippen LogP contribution in [0.25, 0.3) is 5.65 Å². The van der Waals surface area contributed by atoms with E-state index in [9.17, 15) is 4.79 Å². The van der Waals surface area contributed by atoms with Gasteiger partial charge in [-0.3, -0.25) is 4.79 Å². The normalized spacial score (nSPS) is 11.4. The molecule has 0 atom stereocenters. The van der Waals surface area contributed by atoms with Crippen LogP contribution in [0, 0.1) is 13.8 Å². The number of amides is 1. The lowest BCUT2D eigenvalue weighted by Crippen LogP contribution is -2.34. The molecule has 0 unspecified atom stereocenters. The van der Waals surface area contributed by atoms with Crippen molar-refractivity contribution >= 4 is 23.2 Å². The highest BCUT2D eigenvalue weighted by molar-refractivity contribution is 6.31. The maximum atomic E-state index is 12.6. The molecule has 0 saturated carbocycles. The second kappa shape index (κ2) is 8.68. The lowest BCUT2D eigenvalue weighted by molar-refractivity contribution is -0.0974. The first-order chi connectivity index (χ1) is 13.5. The summed E-state index contributed by atoms with van der Waals surface area (Å²) in [6.45, 7) is 4.12. The fourth-order valence-electron chi connectivity index (χ4n) is 3.09. The van der Waals surface area contributed by atoms with Crippen LogP contribution in [0.2, 0.25) is 5.02 Å². The fourth-order valence-corrected chi connectivity index (χ4v) is 3.30. The van der Waals surface area contributed by atoms with Gasteiger partial charge in [-0.1, -0.05) is 29.8 Å². The Labute approximate surface area is 168 Å². The average molecular weight is 403 g/mol. The topological polar surface area (TPSA) is 77.8 Å². The van der Waals surface area contributed by atoms with Gasteiger partial charge in [0.25, 0.3) is 5.91 Å². The Morgan fingerprint density at radius 3 is 2.64 bits per heavy atom. The van der Waals surface area contributed by atoms with Gasteiger partial charge in [0.2, 0.25) is 0 Å². The molecule has 2 aromatic heterocycles. The second-order valence-corrected chi connectivity index (χ2v) is 6.84. The maximum absolute atomic E-state index is 12.6. The lowest BCUT2D eigenvalue weighted by Gasteiger charge is -2.14. The zero-order chi connectivity index (χ0) is 20.3. The number of fused-ring (bicyclic) bond motifs is 1. The van der Waals surface area contributed by atoms with Gasteiger partial charge in [0.1, 0.15) is 5.56 Å². The summed E-state index contributed by atoms with van der Waals surface area (Å²) in [5, 5.41) is 7.87. The number of rotatable bonds is 7. The van der Waals surface area contributed by atoms with Crippen molar-refractivity contribution in [3.8, 4) is 0 Å². The van der Waals surface area contributed by atoms with Gasteiger partial charge in [0.05, 0.1) is 12.7 Å². The third-order valence-electron chi connectivity index (χ3n) is 4.73. The molecule has 1 amide bonds. The van der Waals surface area contributed by atoms with Crippen LogP contribution < -0.4 is 5.32 Å². The Hall–Kier alpha value is -2.48. The fraction of sp³-hybridized carbons (Fsp3) is 0.350. The standard InChI is InChI=1S/C20H23ClN4O3/c1-12-15(9-14-7-5-6-8-17(14)21)13(2)25-19(24-12)16(10-23-25)20(26)22-11-18(27-3)28-4/h5-8,10,18H,9,11H2,1-4H3,(H,22,26). The van der Waals surface area contributed by atoms with Crippen molar-refractivity contribution in [2.75, 3.05) is 20.8 Å². The molecule has 3 aromatic rings. The van der Waals surface area contributed by atoms with Gasteiger partial charge in [0, 0.05) is 37.1 Å². The largest absolute Gasteiger partial charge is 0.354 e. The average Bonchev–Trinajstić information content (AvgIpc) is 3.11. The number of nitrogens with zero attached hydrogens (tertiary/aromatic N) is 3. The number of nitrogens with one attached hydrogen (secondary N) is 1. The molecule has 2 heterocycles. The molecule has 0 aliphatic heterocycles. The number of halogens is 1. The minimum Gasteiger partial charge on any atom is -0.354 e. The summed E-state index contributed by atoms with van der Waals surface area (Å²) < 4.78 is 11.9. The van der Waals surface area contributed by atoms with Crippen LogP contribution in [0.3, 0.4) is 0 Å². The molecule has 148 valence electrons. The number of carbonyl (C=O) groups is 1. The SMILES string of the molecule is COC(CNC(=O)c1cnn2c(C)c(Cc3ccccc3Cl)c(C)nc12)OC. The first kappa shape index (κ1) is 20.3. The molecular weight excluding hydrogens is 380 g/mol. The van der Waals surface area contributed by atoms with E-state index in [2.05, 4.69) is 15.4 Å². The van der Waals surface area contributed by atoms with E-state index >= 15 is 0 Å². The van der Waals surface area contributed by atoms with Crippen molar-refractivity contribution in [2.45, 2.75) is 26.6 Å². The Balaban J connectivity index is 1.91. The Kier molecular flexibility index (Phi) is 6.28. The number of hydrogen-bond donors (Lipinski definition) is 1. The maximum Gasteiger partial charge on any atom is 0.256 e. The van der Waals surface area contributed by atoms with Crippen LogP contribution in [-0.2, 0) is 15.9 Å². The van der Waals surface area contributed by atoms with Crippen LogP contribution in [0.15, 0.2) is 30.5 Å². The van der Waals surface area contributed by atoms with E-state index in [1.807, 2.05) is 38.1 Å². The number of carbonyl (C=O) groups excluding carboxylic acids is 1. The number of benzene rings is 1. The van der Waals surface area contributed by atoms with Crippen LogP contribution in [-0.4, -0.2) is 47.6 Å². The predicted molar refractivity (Wildman–Crippen MR) is 107 cm³/mol. The Bertz CT molecular complexity index is 999. The van der Waals surface area contributed by atoms with Gasteiger partial charge in [-0.2, -0.15) is 5.10 Å². The summed E-state index contributed by atoms with van der Waals surface area (Å²) in [7, 11) is 3.04. The predicted octanol–water partition coefficient (Wildman–Crippen LogP) is 2.94. The molecule has 1 N–H and O–H groups in total. The second-order valence-electron chi connectivity index (χ2n) is 6.43. The molecule has 0 spiro atoms. The van der Waals surface area contributed by atoms with E-state index in [1.54, 1.807) is 4.52 Å². The third-order valence-corrected chi connectivity index (χ3v) is 5.10. The quantitative estimate of drug-likeness (QED) is 0.615. The number of ether oxygens (including phenoxy) is 2. The van der Waals surface area contributed by atoms with Gasteiger partial charge in [-0.05, 0) is 31.0 Å². The smallest absolute Gasteiger partial charge is 0.256 e. The summed E-state index contributed by atoms with van der Waals surface area (Å²) in [5.74, 6) is -0.278. The van der Waals surface area contributed by atoms with Gasteiger partial charge < -0.3 is 14.8 Å². The minimum atomic E-state index is -0.510. The molecule has 8 heteroatoms. The highest BCUT2D eigenvalue weighted by atomic mass is 35.5. The molecule has 1 aromatic carbocycles. The van der Waals surface area contributed by atoms with Crippen molar-refractivity contribution in [3.05, 3.63) is 63.6 Å². The van der Waals surface area contributed by atoms with Crippen LogP contribution in [0.4, 0.5) is 0 Å². The molecule has 0 radical (unpaired) electrons. The molecule has 0 bridgehead atoms. The minimum absolute atomic E-state index is 0.228. The number of methoxy groups -OCH3 is 2. The van der Waals surface area contributed by atoms with Crippen molar-refractivity contribution in [2.24, 2.45) is 0 Å². The number of aryl methyl sites for hydroxylation is 2. The Morgan fingerprint density at radius 1 is 1.25 bits per heavy atom. The van der Waals surface area contributed by atoms with Gasteiger partial charge in [0.15, 0.2) is 11.9 Å². The van der Waals surface area contributed by atoms with E-state index in [4.69, 9.17) is 21.1 Å². The van der Waals surface area contributed by atoms with Crippen molar-refractivity contribution < 1.29 is 14.3 Å². The van der Waals surface area contributed by atoms with E-state index in [0.29, 0.717) is 22.7 Å². The van der Waals surface area contributed by atoms with Crippen molar-refractivity contribution in [1.29, 1.82) is 0 Å². The van der Waals surface area contributed by atoms with E-state index in [0.717, 1.165) is 22.5 Å². The van der Waals surface area contributed by atoms with Crippen molar-refractivity contribution in [1.82, 2.24) is 19.9 Å². The molecule has 3 rings (SSSR count). The van der Waals surface area contributed by atoms with Crippen LogP contribution in [0.5, 0.6) is 0 Å². The molecular formula is C20H23ClN4O3. The summed E-state index contributed by atoms with van der Waals surface area (Å²) >= 11 is 6.31. The Morgan fingerprint density at radius 2 is 1.96 bits per heavy atom. The van der Waals surface area contributed by atoms with Crippen molar-refractivity contribution in [3.63, 3.8) is 0 Å². The monoisotopic (exact) mass is 402 g/mol.